The molecule has 296 valence electrons. The summed E-state index contributed by atoms with van der Waals surface area (Å²) in [6.45, 7) is 18.7. The molecule has 2 aliphatic heterocycles. The monoisotopic (exact) mass is 747 g/mol. The van der Waals surface area contributed by atoms with Crippen molar-refractivity contribution in [2.45, 2.75) is 118 Å². The number of pyridine rings is 1. The summed E-state index contributed by atoms with van der Waals surface area (Å²) in [5, 5.41) is 16.0. The van der Waals surface area contributed by atoms with Crippen molar-refractivity contribution in [1.82, 2.24) is 19.7 Å². The second kappa shape index (κ2) is 13.2. The van der Waals surface area contributed by atoms with E-state index in [-0.39, 0.29) is 40.0 Å². The Morgan fingerprint density at radius 3 is 2.54 bits per heavy atom. The lowest BCUT2D eigenvalue weighted by atomic mass is 9.34. The van der Waals surface area contributed by atoms with Crippen LogP contribution in [0.1, 0.15) is 106 Å². The van der Waals surface area contributed by atoms with E-state index in [2.05, 4.69) is 64.5 Å². The van der Waals surface area contributed by atoms with Crippen LogP contribution in [0.3, 0.4) is 0 Å². The van der Waals surface area contributed by atoms with Crippen LogP contribution in [0.15, 0.2) is 36.4 Å². The van der Waals surface area contributed by atoms with E-state index in [4.69, 9.17) is 25.0 Å². The lowest BCUT2D eigenvalue weighted by molar-refractivity contribution is -0.254. The second-order valence-electron chi connectivity index (χ2n) is 19.7. The highest BCUT2D eigenvalue weighted by Crippen LogP contribution is 2.75. The number of hydrogen-bond donors (Lipinski definition) is 2. The Hall–Kier alpha value is -2.73. The maximum atomic E-state index is 15.4. The van der Waals surface area contributed by atoms with Crippen LogP contribution in [0.2, 0.25) is 0 Å². The van der Waals surface area contributed by atoms with Crippen molar-refractivity contribution in [2.75, 3.05) is 33.0 Å². The average Bonchev–Trinajstić information content (AvgIpc) is 3.61. The quantitative estimate of drug-likeness (QED) is 0.263. The molecule has 54 heavy (non-hydrogen) atoms. The Morgan fingerprint density at radius 2 is 1.83 bits per heavy atom. The normalized spacial score (nSPS) is 42.0. The van der Waals surface area contributed by atoms with E-state index in [0.717, 1.165) is 32.1 Å². The third kappa shape index (κ3) is 5.37. The van der Waals surface area contributed by atoms with Crippen LogP contribution >= 0.6 is 0 Å². The van der Waals surface area contributed by atoms with Crippen LogP contribution in [0, 0.1) is 62.5 Å². The van der Waals surface area contributed by atoms with E-state index in [1.54, 1.807) is 12.3 Å². The second-order valence-corrected chi connectivity index (χ2v) is 19.7. The molecule has 11 atom stereocenters. The Kier molecular flexibility index (Phi) is 9.30. The van der Waals surface area contributed by atoms with Gasteiger partial charge in [0.2, 0.25) is 0 Å². The molecule has 3 saturated carbocycles. The molecule has 0 spiro atoms. The lowest BCUT2D eigenvalue weighted by Crippen LogP contribution is -2.70. The van der Waals surface area contributed by atoms with E-state index < -0.39 is 40.2 Å². The molecule has 0 amide bonds. The van der Waals surface area contributed by atoms with Gasteiger partial charge < -0.3 is 25.1 Å². The van der Waals surface area contributed by atoms with Gasteiger partial charge in [0.1, 0.15) is 6.33 Å². The molecule has 2 aromatic rings. The SMILES string of the molecule is CC(C)[C@@H](C)[C@@]1(C)CC[C@]2(C)[C@H]3CC[C@@H]4[C@@]5(C)COC[C@@]4(C3=CC[C@@]2(C)[C@@H]1C(=O)O)[C@@H](OCC1(N)CCOCC1)[C@H](n1ncnc1-c1ccncc1F)C5. The summed E-state index contributed by atoms with van der Waals surface area (Å²) in [5.41, 5.74) is 6.51. The topological polar surface area (TPSA) is 135 Å². The van der Waals surface area contributed by atoms with Crippen molar-refractivity contribution in [3.63, 3.8) is 0 Å². The number of fused-ring (bicyclic) bond motifs is 3. The van der Waals surface area contributed by atoms with Gasteiger partial charge in [-0.2, -0.15) is 5.10 Å². The number of carboxylic acid groups (broad SMARTS) is 1. The number of ether oxygens (including phenoxy) is 3. The minimum absolute atomic E-state index is 0.159. The molecule has 5 fully saturated rings. The molecule has 11 heteroatoms. The van der Waals surface area contributed by atoms with Gasteiger partial charge in [0.05, 0.1) is 49.6 Å². The van der Waals surface area contributed by atoms with Crippen LogP contribution in [0.5, 0.6) is 0 Å². The van der Waals surface area contributed by atoms with Crippen LogP contribution < -0.4 is 5.73 Å². The summed E-state index contributed by atoms with van der Waals surface area (Å²) in [6.07, 6.45) is 13.1. The molecule has 2 saturated heterocycles. The number of carbonyl (C=O) groups is 1. The maximum absolute atomic E-state index is 15.4. The minimum Gasteiger partial charge on any atom is -0.481 e. The first-order valence-electron chi connectivity index (χ1n) is 20.5. The van der Waals surface area contributed by atoms with E-state index in [1.165, 1.54) is 18.1 Å². The third-order valence-electron chi connectivity index (χ3n) is 17.0. The lowest BCUT2D eigenvalue weighted by Gasteiger charge is -2.71. The number of rotatable bonds is 8. The van der Waals surface area contributed by atoms with Crippen molar-refractivity contribution in [3.05, 3.63) is 42.3 Å². The Labute approximate surface area is 320 Å². The summed E-state index contributed by atoms with van der Waals surface area (Å²) in [6, 6.07) is 1.38. The van der Waals surface area contributed by atoms with Crippen molar-refractivity contribution in [2.24, 2.45) is 62.4 Å². The van der Waals surface area contributed by atoms with E-state index in [1.807, 2.05) is 4.68 Å². The van der Waals surface area contributed by atoms with Crippen molar-refractivity contribution in [3.8, 4) is 11.4 Å². The van der Waals surface area contributed by atoms with Crippen molar-refractivity contribution >= 4 is 5.97 Å². The summed E-state index contributed by atoms with van der Waals surface area (Å²) in [4.78, 5) is 22.3. The predicted octanol–water partition coefficient (Wildman–Crippen LogP) is 7.50. The van der Waals surface area contributed by atoms with Crippen LogP contribution in [0.4, 0.5) is 4.39 Å². The molecule has 6 aliphatic rings. The van der Waals surface area contributed by atoms with Crippen LogP contribution in [-0.4, -0.2) is 75.5 Å². The van der Waals surface area contributed by atoms with E-state index in [0.29, 0.717) is 69.6 Å². The Bertz CT molecular complexity index is 1790. The number of nitrogens with two attached hydrogens (primary N) is 1. The average molecular weight is 748 g/mol. The van der Waals surface area contributed by atoms with Gasteiger partial charge in [-0.05, 0) is 103 Å². The molecular weight excluding hydrogens is 686 g/mol. The Morgan fingerprint density at radius 1 is 1.07 bits per heavy atom. The highest BCUT2D eigenvalue weighted by atomic mass is 19.1. The number of carboxylic acids is 1. The maximum Gasteiger partial charge on any atom is 0.307 e. The van der Waals surface area contributed by atoms with Gasteiger partial charge in [-0.25, -0.2) is 14.1 Å². The zero-order chi connectivity index (χ0) is 38.5. The number of aliphatic carboxylic acids is 1. The van der Waals surface area contributed by atoms with Gasteiger partial charge in [0.25, 0.3) is 0 Å². The van der Waals surface area contributed by atoms with Crippen molar-refractivity contribution in [1.29, 1.82) is 0 Å². The summed E-state index contributed by atoms with van der Waals surface area (Å²) in [7, 11) is 0. The van der Waals surface area contributed by atoms with Crippen molar-refractivity contribution < 1.29 is 28.5 Å². The van der Waals surface area contributed by atoms with E-state index >= 15 is 4.39 Å². The van der Waals surface area contributed by atoms with Gasteiger partial charge >= 0.3 is 5.97 Å². The predicted molar refractivity (Wildman–Crippen MR) is 203 cm³/mol. The Balaban J connectivity index is 1.29. The van der Waals surface area contributed by atoms with Gasteiger partial charge in [0, 0.05) is 30.4 Å². The first-order chi connectivity index (χ1) is 25.5. The summed E-state index contributed by atoms with van der Waals surface area (Å²) in [5.74, 6) is -0.0580. The smallest absolute Gasteiger partial charge is 0.307 e. The highest BCUT2D eigenvalue weighted by Gasteiger charge is 2.73. The third-order valence-corrected chi connectivity index (χ3v) is 17.0. The van der Waals surface area contributed by atoms with Gasteiger partial charge in [-0.1, -0.05) is 60.1 Å². The summed E-state index contributed by atoms with van der Waals surface area (Å²) < 4.78 is 37.2. The number of halogens is 1. The number of hydrogen-bond acceptors (Lipinski definition) is 8. The number of allylic oxidation sites excluding steroid dienone is 1. The highest BCUT2D eigenvalue weighted by molar-refractivity contribution is 5.73. The largest absolute Gasteiger partial charge is 0.481 e. The van der Waals surface area contributed by atoms with Gasteiger partial charge in [-0.3, -0.25) is 9.78 Å². The minimum atomic E-state index is -0.665. The standard InChI is InChI=1S/C43H62FN5O5/c1-26(2)27(3)39(5)13-14-40(6)29-8-9-33-38(4)20-32(49-36(47-25-48-49)28-11-17-46-21-31(28)44)35(54-23-42(45)15-18-52-19-16-42)43(33,24-53-22-38)30(29)10-12-41(40,7)34(39)37(50)51/h10-11,17,21,25-27,29,32-35H,8-9,12-16,18-20,22-24,45H2,1-7H3,(H,50,51)/t27-,29+,32-,33-,34-,35+,38-,39-,40-,41+,43+/m1/s1. The molecule has 4 heterocycles. The molecule has 3 N–H and O–H groups in total. The molecule has 4 aliphatic carbocycles. The fraction of sp³-hybridized carbons (Fsp3) is 0.767. The first-order valence-corrected chi connectivity index (χ1v) is 20.5. The molecule has 0 unspecified atom stereocenters. The van der Waals surface area contributed by atoms with Gasteiger partial charge in [-0.15, -0.1) is 0 Å². The fourth-order valence-electron chi connectivity index (χ4n) is 13.5. The summed E-state index contributed by atoms with van der Waals surface area (Å²) >= 11 is 0. The zero-order valence-corrected chi connectivity index (χ0v) is 33.4. The molecule has 0 radical (unpaired) electrons. The fourth-order valence-corrected chi connectivity index (χ4v) is 13.5. The van der Waals surface area contributed by atoms with Crippen LogP contribution in [-0.2, 0) is 19.0 Å². The van der Waals surface area contributed by atoms with E-state index in [9.17, 15) is 9.90 Å². The first kappa shape index (κ1) is 38.2. The molecule has 2 bridgehead atoms. The molecular formula is C43H62FN5O5. The van der Waals surface area contributed by atoms with Crippen LogP contribution in [0.25, 0.3) is 11.4 Å². The number of aromatic nitrogens is 4. The van der Waals surface area contributed by atoms with Gasteiger partial charge in [0.15, 0.2) is 11.6 Å². The molecule has 2 aromatic heterocycles. The molecule has 10 nitrogen and oxygen atoms in total. The zero-order valence-electron chi connectivity index (χ0n) is 33.4. The molecule has 0 aromatic carbocycles. The molecule has 8 rings (SSSR count). The number of nitrogens with zero attached hydrogens (tertiary/aromatic N) is 4.